The number of rotatable bonds is 5. The van der Waals surface area contributed by atoms with Crippen LogP contribution < -0.4 is 0 Å². The molecule has 0 aliphatic carbocycles. The smallest absolute Gasteiger partial charge is 0.240 e. The predicted molar refractivity (Wildman–Crippen MR) is 109 cm³/mol. The quantitative estimate of drug-likeness (QED) is 0.738. The SMILES string of the molecule is CN(C)C(=O)C1CCN(C(=O)C(Sc2ccccc2)c2ccccc2)CC1. The number of likely N-dealkylation sites (tertiary alicyclic amines) is 1. The number of benzene rings is 2. The highest BCUT2D eigenvalue weighted by molar-refractivity contribution is 8.00. The third-order valence-electron chi connectivity index (χ3n) is 4.92. The summed E-state index contributed by atoms with van der Waals surface area (Å²) in [7, 11) is 3.59. The summed E-state index contributed by atoms with van der Waals surface area (Å²) in [6, 6.07) is 20.0. The number of hydrogen-bond donors (Lipinski definition) is 0. The third-order valence-corrected chi connectivity index (χ3v) is 6.17. The van der Waals surface area contributed by atoms with Crippen LogP contribution in [-0.4, -0.2) is 48.8 Å². The van der Waals surface area contributed by atoms with Crippen molar-refractivity contribution in [2.24, 2.45) is 5.92 Å². The monoisotopic (exact) mass is 382 g/mol. The van der Waals surface area contributed by atoms with Crippen LogP contribution in [0, 0.1) is 5.92 Å². The Bertz CT molecular complexity index is 756. The maximum absolute atomic E-state index is 13.3. The second kappa shape index (κ2) is 9.09. The van der Waals surface area contributed by atoms with Crippen molar-refractivity contribution < 1.29 is 9.59 Å². The van der Waals surface area contributed by atoms with Crippen LogP contribution in [0.2, 0.25) is 0 Å². The molecule has 0 radical (unpaired) electrons. The number of piperidine rings is 1. The van der Waals surface area contributed by atoms with Crippen molar-refractivity contribution in [1.29, 1.82) is 0 Å². The van der Waals surface area contributed by atoms with Crippen LogP contribution in [-0.2, 0) is 9.59 Å². The van der Waals surface area contributed by atoms with Gasteiger partial charge in [0.15, 0.2) is 0 Å². The first-order chi connectivity index (χ1) is 13.1. The van der Waals surface area contributed by atoms with Crippen LogP contribution in [0.15, 0.2) is 65.6 Å². The molecule has 1 aliphatic heterocycles. The average molecular weight is 383 g/mol. The minimum absolute atomic E-state index is 0.0287. The van der Waals surface area contributed by atoms with Gasteiger partial charge in [0.25, 0.3) is 0 Å². The van der Waals surface area contributed by atoms with E-state index in [1.165, 1.54) is 0 Å². The Balaban J connectivity index is 1.73. The van der Waals surface area contributed by atoms with Crippen LogP contribution in [0.4, 0.5) is 0 Å². The highest BCUT2D eigenvalue weighted by Crippen LogP contribution is 2.37. The molecule has 0 bridgehead atoms. The number of thioether (sulfide) groups is 1. The fourth-order valence-corrected chi connectivity index (χ4v) is 4.53. The predicted octanol–water partition coefficient (Wildman–Crippen LogP) is 3.85. The lowest BCUT2D eigenvalue weighted by atomic mass is 9.95. The van der Waals surface area contributed by atoms with Gasteiger partial charge < -0.3 is 9.80 Å². The molecule has 0 N–H and O–H groups in total. The van der Waals surface area contributed by atoms with E-state index in [0.29, 0.717) is 13.1 Å². The Morgan fingerprint density at radius 1 is 0.963 bits per heavy atom. The van der Waals surface area contributed by atoms with Gasteiger partial charge in [-0.25, -0.2) is 0 Å². The van der Waals surface area contributed by atoms with Crippen molar-refractivity contribution in [2.75, 3.05) is 27.2 Å². The van der Waals surface area contributed by atoms with Crippen molar-refractivity contribution in [3.63, 3.8) is 0 Å². The summed E-state index contributed by atoms with van der Waals surface area (Å²) >= 11 is 1.59. The van der Waals surface area contributed by atoms with E-state index in [-0.39, 0.29) is 23.0 Å². The van der Waals surface area contributed by atoms with E-state index in [2.05, 4.69) is 0 Å². The summed E-state index contributed by atoms with van der Waals surface area (Å²) in [6.45, 7) is 1.28. The maximum Gasteiger partial charge on any atom is 0.240 e. The molecule has 142 valence electrons. The van der Waals surface area contributed by atoms with Gasteiger partial charge in [-0.15, -0.1) is 11.8 Å². The number of carbonyl (C=O) groups is 2. The minimum Gasteiger partial charge on any atom is -0.349 e. The van der Waals surface area contributed by atoms with E-state index in [1.54, 1.807) is 30.8 Å². The molecule has 4 nitrogen and oxygen atoms in total. The molecule has 0 saturated carbocycles. The van der Waals surface area contributed by atoms with Crippen LogP contribution in [0.5, 0.6) is 0 Å². The van der Waals surface area contributed by atoms with Gasteiger partial charge in [-0.3, -0.25) is 9.59 Å². The van der Waals surface area contributed by atoms with E-state index in [4.69, 9.17) is 0 Å². The maximum atomic E-state index is 13.3. The lowest BCUT2D eigenvalue weighted by Gasteiger charge is -2.34. The van der Waals surface area contributed by atoms with Crippen molar-refractivity contribution in [2.45, 2.75) is 23.0 Å². The zero-order chi connectivity index (χ0) is 19.2. The zero-order valence-corrected chi connectivity index (χ0v) is 16.7. The first-order valence-corrected chi connectivity index (χ1v) is 10.2. The normalized spacial score (nSPS) is 16.0. The van der Waals surface area contributed by atoms with Gasteiger partial charge in [-0.1, -0.05) is 48.5 Å². The molecule has 1 heterocycles. The largest absolute Gasteiger partial charge is 0.349 e. The molecule has 1 unspecified atom stereocenters. The number of nitrogens with zero attached hydrogens (tertiary/aromatic N) is 2. The van der Waals surface area contributed by atoms with Crippen molar-refractivity contribution in [3.8, 4) is 0 Å². The van der Waals surface area contributed by atoms with E-state index >= 15 is 0 Å². The lowest BCUT2D eigenvalue weighted by molar-refractivity contribution is -0.138. The standard InChI is InChI=1S/C22H26N2O2S/c1-23(2)21(25)18-13-15-24(16-14-18)22(26)20(17-9-5-3-6-10-17)27-19-11-7-4-8-12-19/h3-12,18,20H,13-16H2,1-2H3. The van der Waals surface area contributed by atoms with E-state index in [9.17, 15) is 9.59 Å². The topological polar surface area (TPSA) is 40.6 Å². The molecule has 2 aromatic rings. The molecule has 27 heavy (non-hydrogen) atoms. The number of hydrogen-bond acceptors (Lipinski definition) is 3. The fraction of sp³-hybridized carbons (Fsp3) is 0.364. The Morgan fingerprint density at radius 3 is 2.07 bits per heavy atom. The first kappa shape index (κ1) is 19.5. The molecule has 1 fully saturated rings. The van der Waals surface area contributed by atoms with E-state index in [1.807, 2.05) is 65.6 Å². The second-order valence-corrected chi connectivity index (χ2v) is 8.23. The Morgan fingerprint density at radius 2 is 1.52 bits per heavy atom. The Labute approximate surface area is 165 Å². The van der Waals surface area contributed by atoms with Crippen LogP contribution in [0.3, 0.4) is 0 Å². The number of carbonyl (C=O) groups excluding carboxylic acids is 2. The molecule has 1 atom stereocenters. The summed E-state index contributed by atoms with van der Waals surface area (Å²) in [4.78, 5) is 30.2. The van der Waals surface area contributed by atoms with Gasteiger partial charge in [-0.2, -0.15) is 0 Å². The first-order valence-electron chi connectivity index (χ1n) is 9.33. The summed E-state index contributed by atoms with van der Waals surface area (Å²) in [5.74, 6) is 0.326. The minimum atomic E-state index is -0.269. The summed E-state index contributed by atoms with van der Waals surface area (Å²) in [5.41, 5.74) is 1.02. The third kappa shape index (κ3) is 4.92. The summed E-state index contributed by atoms with van der Waals surface area (Å²) in [5, 5.41) is -0.269. The molecule has 5 heteroatoms. The highest BCUT2D eigenvalue weighted by atomic mass is 32.2. The van der Waals surface area contributed by atoms with Gasteiger partial charge in [-0.05, 0) is 30.5 Å². The molecule has 3 rings (SSSR count). The number of amides is 2. The van der Waals surface area contributed by atoms with Crippen molar-refractivity contribution in [1.82, 2.24) is 9.80 Å². The fourth-order valence-electron chi connectivity index (χ4n) is 3.40. The molecule has 2 aromatic carbocycles. The summed E-state index contributed by atoms with van der Waals surface area (Å²) in [6.07, 6.45) is 1.47. The van der Waals surface area contributed by atoms with Crippen molar-refractivity contribution in [3.05, 3.63) is 66.2 Å². The highest BCUT2D eigenvalue weighted by Gasteiger charge is 2.32. The molecule has 0 spiro atoms. The Kier molecular flexibility index (Phi) is 6.56. The van der Waals surface area contributed by atoms with Gasteiger partial charge in [0, 0.05) is 38.0 Å². The molecular formula is C22H26N2O2S. The van der Waals surface area contributed by atoms with E-state index < -0.39 is 0 Å². The Hall–Kier alpha value is -2.27. The van der Waals surface area contributed by atoms with Gasteiger partial charge in [0.1, 0.15) is 5.25 Å². The second-order valence-electron chi connectivity index (χ2n) is 7.05. The van der Waals surface area contributed by atoms with Gasteiger partial charge in [0.2, 0.25) is 11.8 Å². The van der Waals surface area contributed by atoms with E-state index in [0.717, 1.165) is 23.3 Å². The summed E-state index contributed by atoms with van der Waals surface area (Å²) < 4.78 is 0. The van der Waals surface area contributed by atoms with Gasteiger partial charge >= 0.3 is 0 Å². The average Bonchev–Trinajstić information content (AvgIpc) is 2.72. The van der Waals surface area contributed by atoms with Crippen LogP contribution in [0.1, 0.15) is 23.7 Å². The molecule has 1 aliphatic rings. The molecule has 2 amide bonds. The molecule has 0 aromatic heterocycles. The molecular weight excluding hydrogens is 356 g/mol. The van der Waals surface area contributed by atoms with Crippen LogP contribution in [0.25, 0.3) is 0 Å². The van der Waals surface area contributed by atoms with Gasteiger partial charge in [0.05, 0.1) is 0 Å². The molecule has 1 saturated heterocycles. The lowest BCUT2D eigenvalue weighted by Crippen LogP contribution is -2.44. The van der Waals surface area contributed by atoms with Crippen LogP contribution >= 0.6 is 11.8 Å². The van der Waals surface area contributed by atoms with Crippen molar-refractivity contribution >= 4 is 23.6 Å². The zero-order valence-electron chi connectivity index (χ0n) is 15.9.